The average molecular weight is 304 g/mol. The van der Waals surface area contributed by atoms with E-state index < -0.39 is 10.2 Å². The van der Waals surface area contributed by atoms with Crippen molar-refractivity contribution in [2.45, 2.75) is 65.2 Å². The number of nitrogens with zero attached hydrogens (tertiary/aromatic N) is 1. The number of hydrogen-bond donors (Lipinski definition) is 1. The molecule has 118 valence electrons. The molecule has 1 heterocycles. The molecule has 20 heavy (non-hydrogen) atoms. The van der Waals surface area contributed by atoms with E-state index in [9.17, 15) is 8.42 Å². The van der Waals surface area contributed by atoms with E-state index in [-0.39, 0.29) is 18.2 Å². The minimum atomic E-state index is -3.40. The van der Waals surface area contributed by atoms with Crippen LogP contribution in [0.4, 0.5) is 0 Å². The predicted octanol–water partition coefficient (Wildman–Crippen LogP) is 1.75. The van der Waals surface area contributed by atoms with Crippen molar-refractivity contribution in [1.29, 1.82) is 0 Å². The first-order valence-electron chi connectivity index (χ1n) is 7.72. The molecule has 1 saturated carbocycles. The Morgan fingerprint density at radius 1 is 1.05 bits per heavy atom. The molecule has 1 N–H and O–H groups in total. The van der Waals surface area contributed by atoms with E-state index in [1.807, 2.05) is 13.8 Å². The van der Waals surface area contributed by atoms with Crippen LogP contribution in [0.15, 0.2) is 0 Å². The number of rotatable bonds is 3. The van der Waals surface area contributed by atoms with Crippen LogP contribution in [0.3, 0.4) is 0 Å². The Bertz CT molecular complexity index is 416. The summed E-state index contributed by atoms with van der Waals surface area (Å²) in [5.74, 6) is 0.980. The topological polar surface area (TPSA) is 58.6 Å². The minimum absolute atomic E-state index is 0.0435. The molecular weight excluding hydrogens is 276 g/mol. The molecule has 0 aromatic carbocycles. The zero-order chi connectivity index (χ0) is 14.9. The van der Waals surface area contributed by atoms with E-state index >= 15 is 0 Å². The van der Waals surface area contributed by atoms with Crippen LogP contribution in [0.2, 0.25) is 0 Å². The normalized spacial score (nSPS) is 40.7. The summed E-state index contributed by atoms with van der Waals surface area (Å²) in [6.45, 7) is 9.09. The highest BCUT2D eigenvalue weighted by Gasteiger charge is 2.35. The average Bonchev–Trinajstić information content (AvgIpc) is 2.33. The van der Waals surface area contributed by atoms with Gasteiger partial charge in [0, 0.05) is 19.1 Å². The largest absolute Gasteiger partial charge is 0.373 e. The number of hydrogen-bond acceptors (Lipinski definition) is 3. The molecule has 0 aromatic heterocycles. The monoisotopic (exact) mass is 304 g/mol. The second-order valence-corrected chi connectivity index (χ2v) is 8.27. The van der Waals surface area contributed by atoms with E-state index in [2.05, 4.69) is 18.6 Å². The van der Waals surface area contributed by atoms with Crippen LogP contribution in [0, 0.1) is 11.8 Å². The van der Waals surface area contributed by atoms with Gasteiger partial charge in [-0.05, 0) is 32.1 Å². The summed E-state index contributed by atoms with van der Waals surface area (Å²) in [5.41, 5.74) is 0. The molecule has 1 aliphatic heterocycles. The van der Waals surface area contributed by atoms with E-state index in [0.29, 0.717) is 24.9 Å². The zero-order valence-corrected chi connectivity index (χ0v) is 13.8. The molecule has 0 amide bonds. The summed E-state index contributed by atoms with van der Waals surface area (Å²) in [6, 6.07) is 0.0669. The highest BCUT2D eigenvalue weighted by atomic mass is 32.2. The lowest BCUT2D eigenvalue weighted by molar-refractivity contribution is -0.0445. The van der Waals surface area contributed by atoms with Gasteiger partial charge in [0.1, 0.15) is 0 Å². The molecule has 1 saturated heterocycles. The van der Waals surface area contributed by atoms with Crippen molar-refractivity contribution >= 4 is 10.2 Å². The third kappa shape index (κ3) is 3.72. The van der Waals surface area contributed by atoms with E-state index in [4.69, 9.17) is 4.74 Å². The zero-order valence-electron chi connectivity index (χ0n) is 13.0. The first-order chi connectivity index (χ1) is 9.29. The van der Waals surface area contributed by atoms with Crippen LogP contribution in [0.1, 0.15) is 47.0 Å². The van der Waals surface area contributed by atoms with E-state index in [1.54, 1.807) is 0 Å². The third-order valence-electron chi connectivity index (χ3n) is 4.73. The first-order valence-corrected chi connectivity index (χ1v) is 9.16. The van der Waals surface area contributed by atoms with Crippen LogP contribution in [-0.4, -0.2) is 44.1 Å². The van der Waals surface area contributed by atoms with Gasteiger partial charge in [0.15, 0.2) is 0 Å². The molecule has 5 nitrogen and oxygen atoms in total. The lowest BCUT2D eigenvalue weighted by atomic mass is 9.78. The van der Waals surface area contributed by atoms with Gasteiger partial charge in [0.25, 0.3) is 10.2 Å². The Labute approximate surface area is 123 Å². The van der Waals surface area contributed by atoms with Crippen molar-refractivity contribution in [3.63, 3.8) is 0 Å². The van der Waals surface area contributed by atoms with Gasteiger partial charge in [-0.2, -0.15) is 17.4 Å². The van der Waals surface area contributed by atoms with Gasteiger partial charge in [-0.1, -0.05) is 26.7 Å². The molecule has 0 aromatic rings. The van der Waals surface area contributed by atoms with Crippen molar-refractivity contribution in [3.8, 4) is 0 Å². The highest BCUT2D eigenvalue weighted by molar-refractivity contribution is 7.87. The van der Waals surface area contributed by atoms with Gasteiger partial charge >= 0.3 is 0 Å². The van der Waals surface area contributed by atoms with E-state index in [0.717, 1.165) is 12.8 Å². The summed E-state index contributed by atoms with van der Waals surface area (Å²) < 4.78 is 35.2. The number of ether oxygens (including phenoxy) is 1. The van der Waals surface area contributed by atoms with Crippen molar-refractivity contribution < 1.29 is 13.2 Å². The standard InChI is InChI=1S/C14H28N2O3S/c1-10-6-5-7-14(13(10)4)15-20(17,18)16-8-11(2)19-12(3)9-16/h10-15H,5-9H2,1-4H3/t10-,11-,12+,13+,14+/m0/s1. The van der Waals surface area contributed by atoms with Crippen LogP contribution < -0.4 is 4.72 Å². The Kier molecular flexibility index (Phi) is 5.10. The SMILES string of the molecule is C[C@@H]1[C@@H](C)CCC[C@H]1NS(=O)(=O)N1C[C@@H](C)O[C@@H](C)C1. The summed E-state index contributed by atoms with van der Waals surface area (Å²) in [6.07, 6.45) is 3.16. The Morgan fingerprint density at radius 3 is 2.25 bits per heavy atom. The van der Waals surface area contributed by atoms with Crippen molar-refractivity contribution in [2.75, 3.05) is 13.1 Å². The van der Waals surface area contributed by atoms with Gasteiger partial charge in [-0.15, -0.1) is 0 Å². The minimum Gasteiger partial charge on any atom is -0.373 e. The smallest absolute Gasteiger partial charge is 0.279 e. The fourth-order valence-corrected chi connectivity index (χ4v) is 5.02. The van der Waals surface area contributed by atoms with Gasteiger partial charge in [-0.3, -0.25) is 0 Å². The molecule has 0 radical (unpaired) electrons. The summed E-state index contributed by atoms with van der Waals surface area (Å²) in [7, 11) is -3.40. The molecule has 0 spiro atoms. The van der Waals surface area contributed by atoms with Crippen molar-refractivity contribution in [2.24, 2.45) is 11.8 Å². The highest BCUT2D eigenvalue weighted by Crippen LogP contribution is 2.30. The van der Waals surface area contributed by atoms with Gasteiger partial charge in [0.2, 0.25) is 0 Å². The summed E-state index contributed by atoms with van der Waals surface area (Å²) in [5, 5.41) is 0. The molecule has 6 heteroatoms. The molecule has 2 rings (SSSR count). The second kappa shape index (κ2) is 6.30. The maximum Gasteiger partial charge on any atom is 0.279 e. The van der Waals surface area contributed by atoms with Crippen LogP contribution in [-0.2, 0) is 14.9 Å². The van der Waals surface area contributed by atoms with Crippen LogP contribution in [0.5, 0.6) is 0 Å². The number of nitrogens with one attached hydrogen (secondary N) is 1. The van der Waals surface area contributed by atoms with Crippen molar-refractivity contribution in [3.05, 3.63) is 0 Å². The molecule has 0 unspecified atom stereocenters. The molecule has 1 aliphatic carbocycles. The Morgan fingerprint density at radius 2 is 1.65 bits per heavy atom. The quantitative estimate of drug-likeness (QED) is 0.864. The lowest BCUT2D eigenvalue weighted by Crippen LogP contribution is -2.55. The molecule has 2 fully saturated rings. The second-order valence-electron chi connectivity index (χ2n) is 6.57. The molecular formula is C14H28N2O3S. The maximum atomic E-state index is 12.6. The van der Waals surface area contributed by atoms with Crippen molar-refractivity contribution in [1.82, 2.24) is 9.03 Å². The summed E-state index contributed by atoms with van der Waals surface area (Å²) in [4.78, 5) is 0. The predicted molar refractivity (Wildman–Crippen MR) is 79.6 cm³/mol. The van der Waals surface area contributed by atoms with Gasteiger partial charge < -0.3 is 4.74 Å². The van der Waals surface area contributed by atoms with Crippen LogP contribution in [0.25, 0.3) is 0 Å². The fourth-order valence-electron chi connectivity index (χ4n) is 3.34. The Hall–Kier alpha value is -0.170. The summed E-state index contributed by atoms with van der Waals surface area (Å²) >= 11 is 0. The third-order valence-corrected chi connectivity index (χ3v) is 6.31. The lowest BCUT2D eigenvalue weighted by Gasteiger charge is -2.38. The maximum absolute atomic E-state index is 12.6. The molecule has 5 atom stereocenters. The van der Waals surface area contributed by atoms with Gasteiger partial charge in [-0.25, -0.2) is 0 Å². The van der Waals surface area contributed by atoms with Crippen LogP contribution >= 0.6 is 0 Å². The Balaban J connectivity index is 2.03. The van der Waals surface area contributed by atoms with E-state index in [1.165, 1.54) is 10.7 Å². The van der Waals surface area contributed by atoms with Gasteiger partial charge in [0.05, 0.1) is 12.2 Å². The fraction of sp³-hybridized carbons (Fsp3) is 1.00. The molecule has 2 aliphatic rings. The molecule has 0 bridgehead atoms. The number of morpholine rings is 1. The first kappa shape index (κ1) is 16.2.